The fourth-order valence-electron chi connectivity index (χ4n) is 5.74. The second kappa shape index (κ2) is 15.8. The Kier molecular flexibility index (Phi) is 13.6. The molecule has 0 aliphatic carbocycles. The molecule has 1 aliphatic heterocycles. The third-order valence-electron chi connectivity index (χ3n) is 8.22. The van der Waals surface area contributed by atoms with Crippen LogP contribution in [0.3, 0.4) is 0 Å². The van der Waals surface area contributed by atoms with E-state index in [2.05, 4.69) is 0 Å². The molecule has 0 aromatic heterocycles. The first-order chi connectivity index (χ1) is 19.9. The zero-order chi connectivity index (χ0) is 32.7. The Labute approximate surface area is 258 Å². The van der Waals surface area contributed by atoms with E-state index in [0.717, 1.165) is 0 Å². The van der Waals surface area contributed by atoms with Crippen LogP contribution in [0.5, 0.6) is 0 Å². The molecule has 0 bridgehead atoms. The van der Waals surface area contributed by atoms with Gasteiger partial charge in [0.1, 0.15) is 5.60 Å². The highest BCUT2D eigenvalue weighted by Crippen LogP contribution is 2.38. The average molecular weight is 610 g/mol. The molecule has 0 radical (unpaired) electrons. The lowest BCUT2D eigenvalue weighted by Crippen LogP contribution is -2.60. The van der Waals surface area contributed by atoms with Crippen LogP contribution >= 0.6 is 0 Å². The van der Waals surface area contributed by atoms with Crippen LogP contribution in [-0.4, -0.2) is 103 Å². The molecule has 10 nitrogen and oxygen atoms in total. The monoisotopic (exact) mass is 609 g/mol. The van der Waals surface area contributed by atoms with Gasteiger partial charge in [0.05, 0.1) is 41.4 Å². The van der Waals surface area contributed by atoms with Crippen molar-refractivity contribution in [2.75, 3.05) is 27.8 Å². The summed E-state index contributed by atoms with van der Waals surface area (Å²) in [6.45, 7) is 14.3. The molecule has 1 saturated heterocycles. The number of likely N-dealkylation sites (N-methyl/N-ethyl adjacent to an activating group) is 1. The van der Waals surface area contributed by atoms with Gasteiger partial charge in [0.15, 0.2) is 12.4 Å². The Balaban J connectivity index is 2.52. The summed E-state index contributed by atoms with van der Waals surface area (Å²) in [5, 5.41) is 21.4. The van der Waals surface area contributed by atoms with Gasteiger partial charge < -0.3 is 38.8 Å². The molecule has 1 unspecified atom stereocenters. The first kappa shape index (κ1) is 37.1. The quantitative estimate of drug-likeness (QED) is 0.299. The number of benzene rings is 1. The van der Waals surface area contributed by atoms with Crippen molar-refractivity contribution in [1.29, 1.82) is 0 Å². The van der Waals surface area contributed by atoms with Crippen molar-refractivity contribution in [1.82, 2.24) is 4.90 Å². The van der Waals surface area contributed by atoms with E-state index in [4.69, 9.17) is 23.7 Å². The highest BCUT2D eigenvalue weighted by atomic mass is 16.7. The predicted molar refractivity (Wildman–Crippen MR) is 163 cm³/mol. The maximum absolute atomic E-state index is 13.3. The van der Waals surface area contributed by atoms with Gasteiger partial charge in [-0.1, -0.05) is 32.0 Å². The summed E-state index contributed by atoms with van der Waals surface area (Å²) in [7, 11) is 5.38. The summed E-state index contributed by atoms with van der Waals surface area (Å²) < 4.78 is 30.8. The lowest BCUT2D eigenvalue weighted by Gasteiger charge is -2.48. The molecule has 10 atom stereocenters. The third-order valence-corrected chi connectivity index (χ3v) is 8.22. The van der Waals surface area contributed by atoms with Crippen molar-refractivity contribution in [3.8, 4) is 0 Å². The summed E-state index contributed by atoms with van der Waals surface area (Å²) in [5.74, 6) is -2.73. The van der Waals surface area contributed by atoms with E-state index >= 15 is 0 Å². The van der Waals surface area contributed by atoms with Crippen LogP contribution < -0.4 is 0 Å². The number of esters is 2. The minimum atomic E-state index is -1.17. The Morgan fingerprint density at radius 1 is 1.09 bits per heavy atom. The summed E-state index contributed by atoms with van der Waals surface area (Å²) >= 11 is 0. The lowest BCUT2D eigenvalue weighted by atomic mass is 9.78. The smallest absolute Gasteiger partial charge is 0.338 e. The fourth-order valence-corrected chi connectivity index (χ4v) is 5.74. The van der Waals surface area contributed by atoms with Crippen LogP contribution in [0.25, 0.3) is 0 Å². The van der Waals surface area contributed by atoms with Crippen LogP contribution in [0.4, 0.5) is 0 Å². The molecule has 1 fully saturated rings. The van der Waals surface area contributed by atoms with Crippen molar-refractivity contribution >= 4 is 11.9 Å². The van der Waals surface area contributed by atoms with E-state index in [9.17, 15) is 19.8 Å². The molecular formula is C33H55NO9. The van der Waals surface area contributed by atoms with Crippen molar-refractivity contribution in [3.63, 3.8) is 0 Å². The Morgan fingerprint density at radius 3 is 2.21 bits per heavy atom. The van der Waals surface area contributed by atoms with E-state index in [1.54, 1.807) is 66.0 Å². The molecule has 0 spiro atoms. The van der Waals surface area contributed by atoms with Gasteiger partial charge in [0, 0.05) is 19.6 Å². The van der Waals surface area contributed by atoms with E-state index in [-0.39, 0.29) is 24.7 Å². The van der Waals surface area contributed by atoms with Crippen molar-refractivity contribution < 1.29 is 43.5 Å². The molecule has 1 aliphatic rings. The maximum atomic E-state index is 13.3. The van der Waals surface area contributed by atoms with Gasteiger partial charge in [0.2, 0.25) is 0 Å². The highest BCUT2D eigenvalue weighted by Gasteiger charge is 2.50. The average Bonchev–Trinajstić information content (AvgIpc) is 2.94. The van der Waals surface area contributed by atoms with Crippen molar-refractivity contribution in [2.24, 2.45) is 17.8 Å². The second-order valence-corrected chi connectivity index (χ2v) is 13.6. The Bertz CT molecular complexity index is 1010. The maximum Gasteiger partial charge on any atom is 0.338 e. The molecule has 1 aromatic carbocycles. The Morgan fingerprint density at radius 2 is 1.70 bits per heavy atom. The topological polar surface area (TPSA) is 124 Å². The first-order valence-electron chi connectivity index (χ1n) is 15.2. The van der Waals surface area contributed by atoms with Crippen molar-refractivity contribution in [3.05, 3.63) is 35.9 Å². The number of ether oxygens (including phenoxy) is 5. The van der Waals surface area contributed by atoms with Gasteiger partial charge >= 0.3 is 11.9 Å². The summed E-state index contributed by atoms with van der Waals surface area (Å²) in [5.41, 5.74) is -1.34. The van der Waals surface area contributed by atoms with Gasteiger partial charge in [0.25, 0.3) is 0 Å². The van der Waals surface area contributed by atoms with Gasteiger partial charge in [-0.15, -0.1) is 0 Å². The molecule has 1 aromatic rings. The summed E-state index contributed by atoms with van der Waals surface area (Å²) in [6, 6.07) is 8.51. The van der Waals surface area contributed by atoms with E-state index < -0.39 is 59.6 Å². The zero-order valence-corrected chi connectivity index (χ0v) is 27.9. The molecular weight excluding hydrogens is 554 g/mol. The van der Waals surface area contributed by atoms with Gasteiger partial charge in [-0.05, 0) is 86.5 Å². The standard InChI is InChI=1S/C33H55NO9/c1-20(19-35)18-33(8,39-11)28(22(3)26(36)23(4)29(37)43-32(5,6)7)42-31-27(25(34(9)10)17-21(2)40-31)41-30(38)24-15-13-12-14-16-24/h12-16,20-23,25-28,31,35-36H,17-19H2,1-11H3/t20-,21-,22+,23-,25+,26+,27-,28-,31?,33-/m1/s1. The number of aliphatic hydroxyl groups excluding tert-OH is 2. The number of hydrogen-bond acceptors (Lipinski definition) is 10. The van der Waals surface area contributed by atoms with E-state index in [0.29, 0.717) is 18.4 Å². The van der Waals surface area contributed by atoms with Gasteiger partial charge in [-0.25, -0.2) is 4.79 Å². The molecule has 2 rings (SSSR count). The normalized spacial score (nSPS) is 26.1. The highest BCUT2D eigenvalue weighted by molar-refractivity contribution is 5.89. The summed E-state index contributed by atoms with van der Waals surface area (Å²) in [6.07, 6.45) is -3.09. The molecule has 0 amide bonds. The number of carbonyl (C=O) groups is 2. The lowest BCUT2D eigenvalue weighted by molar-refractivity contribution is -0.301. The van der Waals surface area contributed by atoms with Gasteiger partial charge in [-0.3, -0.25) is 4.79 Å². The van der Waals surface area contributed by atoms with Gasteiger partial charge in [-0.2, -0.15) is 0 Å². The van der Waals surface area contributed by atoms with Crippen LogP contribution in [-0.2, 0) is 28.5 Å². The molecule has 246 valence electrons. The molecule has 2 N–H and O–H groups in total. The molecule has 1 heterocycles. The molecule has 10 heteroatoms. The Hall–Kier alpha value is -2.08. The predicted octanol–water partition coefficient (Wildman–Crippen LogP) is 4.06. The minimum absolute atomic E-state index is 0.0755. The van der Waals surface area contributed by atoms with Crippen LogP contribution in [0.1, 0.15) is 78.6 Å². The number of nitrogens with zero attached hydrogens (tertiary/aromatic N) is 1. The largest absolute Gasteiger partial charge is 0.460 e. The van der Waals surface area contributed by atoms with Crippen LogP contribution in [0, 0.1) is 17.8 Å². The third kappa shape index (κ3) is 10.2. The number of carbonyl (C=O) groups excluding carboxylic acids is 2. The summed E-state index contributed by atoms with van der Waals surface area (Å²) in [4.78, 5) is 28.2. The minimum Gasteiger partial charge on any atom is -0.460 e. The molecule has 0 saturated carbocycles. The number of rotatable bonds is 14. The fraction of sp³-hybridized carbons (Fsp3) is 0.758. The number of aliphatic hydroxyl groups is 2. The number of methoxy groups -OCH3 is 1. The van der Waals surface area contributed by atoms with Crippen molar-refractivity contribution in [2.45, 2.75) is 116 Å². The second-order valence-electron chi connectivity index (χ2n) is 13.6. The number of hydrogen-bond donors (Lipinski definition) is 2. The molecule has 43 heavy (non-hydrogen) atoms. The van der Waals surface area contributed by atoms with Crippen LogP contribution in [0.15, 0.2) is 30.3 Å². The van der Waals surface area contributed by atoms with Crippen LogP contribution in [0.2, 0.25) is 0 Å². The first-order valence-corrected chi connectivity index (χ1v) is 15.2. The van der Waals surface area contributed by atoms with E-state index in [1.807, 2.05) is 45.8 Å². The SMILES string of the molecule is CO[C@](C)(C[C@@H](C)CO)[C@H](OC1O[C@H](C)C[C@H](N(C)C)[C@H]1OC(=O)c1ccccc1)[C@@H](C)[C@H](O)[C@@H](C)C(=O)OC(C)(C)C. The zero-order valence-electron chi connectivity index (χ0n) is 27.9. The van der Waals surface area contributed by atoms with E-state index in [1.165, 1.54) is 0 Å².